The highest BCUT2D eigenvalue weighted by molar-refractivity contribution is 5.91. The first-order chi connectivity index (χ1) is 17.9. The van der Waals surface area contributed by atoms with Crippen LogP contribution in [-0.4, -0.2) is 79.6 Å². The Labute approximate surface area is 216 Å². The van der Waals surface area contributed by atoms with Crippen LogP contribution in [0.1, 0.15) is 24.0 Å². The molecule has 1 aliphatic rings. The van der Waals surface area contributed by atoms with Gasteiger partial charge >= 0.3 is 17.9 Å². The number of hydrogen-bond donors (Lipinski definition) is 6. The van der Waals surface area contributed by atoms with Crippen LogP contribution in [0.5, 0.6) is 23.0 Å². The van der Waals surface area contributed by atoms with Crippen molar-refractivity contribution in [3.8, 4) is 23.0 Å². The van der Waals surface area contributed by atoms with Crippen molar-refractivity contribution in [2.45, 2.75) is 36.8 Å². The van der Waals surface area contributed by atoms with Crippen LogP contribution < -0.4 is 0 Å². The first kappa shape index (κ1) is 28.0. The van der Waals surface area contributed by atoms with Crippen molar-refractivity contribution >= 4 is 30.1 Å². The van der Waals surface area contributed by atoms with E-state index in [0.29, 0.717) is 11.1 Å². The van der Waals surface area contributed by atoms with Gasteiger partial charge in [-0.25, -0.2) is 14.4 Å². The molecule has 12 heteroatoms. The Kier molecular flexibility index (Phi) is 8.61. The van der Waals surface area contributed by atoms with Crippen LogP contribution in [-0.2, 0) is 28.6 Å². The number of phenolic OH excluding ortho intramolecular Hbond substituents is 4. The van der Waals surface area contributed by atoms with Gasteiger partial charge in [-0.15, -0.1) is 0 Å². The number of hydrogen-bond acceptors (Lipinski definition) is 12. The Hall–Kier alpha value is -4.55. The molecule has 0 unspecified atom stereocenters. The molecule has 202 valence electrons. The lowest BCUT2D eigenvalue weighted by Crippen LogP contribution is -2.59. The number of esters is 3. The van der Waals surface area contributed by atoms with E-state index in [0.717, 1.165) is 19.3 Å². The molecule has 1 saturated carbocycles. The summed E-state index contributed by atoms with van der Waals surface area (Å²) in [6, 6.07) is 7.59. The number of aliphatic hydroxyl groups excluding tert-OH is 2. The normalized spacial score (nSPS) is 23.3. The van der Waals surface area contributed by atoms with E-state index in [1.54, 1.807) is 0 Å². The number of ether oxygens (including phenoxy) is 3. The molecule has 0 radical (unpaired) electrons. The van der Waals surface area contributed by atoms with Gasteiger partial charge in [-0.3, -0.25) is 0 Å². The second kappa shape index (κ2) is 11.7. The number of methoxy groups -OCH3 is 1. The second-order valence-corrected chi connectivity index (χ2v) is 8.51. The van der Waals surface area contributed by atoms with Crippen LogP contribution in [0.25, 0.3) is 12.2 Å². The molecule has 3 rings (SSSR count). The van der Waals surface area contributed by atoms with E-state index >= 15 is 0 Å². The lowest BCUT2D eigenvalue weighted by Gasteiger charge is -2.41. The highest BCUT2D eigenvalue weighted by Crippen LogP contribution is 2.36. The number of carbonyl (C=O) groups is 3. The molecule has 0 heterocycles. The Bertz CT molecular complexity index is 1270. The van der Waals surface area contributed by atoms with E-state index in [1.807, 2.05) is 0 Å². The highest BCUT2D eigenvalue weighted by Gasteiger charge is 2.54. The summed E-state index contributed by atoms with van der Waals surface area (Å²) in [6.07, 6.45) is -1.41. The summed E-state index contributed by atoms with van der Waals surface area (Å²) in [5.41, 5.74) is -1.44. The summed E-state index contributed by atoms with van der Waals surface area (Å²) in [6.45, 7) is 0. The van der Waals surface area contributed by atoms with Crippen LogP contribution in [0.4, 0.5) is 0 Å². The Morgan fingerprint density at radius 3 is 1.84 bits per heavy atom. The maximum Gasteiger partial charge on any atom is 0.350 e. The van der Waals surface area contributed by atoms with E-state index in [-0.39, 0.29) is 11.5 Å². The zero-order valence-electron chi connectivity index (χ0n) is 20.1. The average molecular weight is 530 g/mol. The van der Waals surface area contributed by atoms with Gasteiger partial charge in [0, 0.05) is 25.0 Å². The molecule has 2 aromatic rings. The molecular weight excluding hydrogens is 504 g/mol. The molecule has 1 fully saturated rings. The summed E-state index contributed by atoms with van der Waals surface area (Å²) in [5, 5.41) is 58.7. The largest absolute Gasteiger partial charge is 0.504 e. The minimum absolute atomic E-state index is 0.323. The fourth-order valence-electron chi connectivity index (χ4n) is 3.86. The molecule has 0 spiro atoms. The van der Waals surface area contributed by atoms with Gasteiger partial charge in [-0.05, 0) is 47.5 Å². The minimum Gasteiger partial charge on any atom is -0.504 e. The Balaban J connectivity index is 1.76. The number of rotatable bonds is 7. The van der Waals surface area contributed by atoms with Crippen molar-refractivity contribution < 1.29 is 59.2 Å². The smallest absolute Gasteiger partial charge is 0.350 e. The first-order valence-corrected chi connectivity index (χ1v) is 11.2. The third-order valence-corrected chi connectivity index (χ3v) is 5.79. The first-order valence-electron chi connectivity index (χ1n) is 11.2. The number of benzene rings is 2. The predicted octanol–water partition coefficient (Wildman–Crippen LogP) is 1.12. The lowest BCUT2D eigenvalue weighted by atomic mass is 9.79. The monoisotopic (exact) mass is 530 g/mol. The average Bonchev–Trinajstić information content (AvgIpc) is 2.87. The van der Waals surface area contributed by atoms with Crippen molar-refractivity contribution in [3.63, 3.8) is 0 Å². The summed E-state index contributed by atoms with van der Waals surface area (Å²) in [4.78, 5) is 37.6. The molecule has 6 N–H and O–H groups in total. The number of carbonyl (C=O) groups excluding carboxylic acids is 3. The van der Waals surface area contributed by atoms with Crippen molar-refractivity contribution in [2.24, 2.45) is 0 Å². The summed E-state index contributed by atoms with van der Waals surface area (Å²) >= 11 is 0. The maximum atomic E-state index is 12.7. The molecule has 38 heavy (non-hydrogen) atoms. The minimum atomic E-state index is -2.11. The SMILES string of the molecule is COC(=O)[C@@]1(OC(=O)/C=C/c2ccc(O)c(O)c2)C[C@@H](O)[C@H](O)[C@@H](OC(=O)/C=C/c2ccc(O)c(O)c2)C1. The van der Waals surface area contributed by atoms with E-state index in [2.05, 4.69) is 0 Å². The van der Waals surface area contributed by atoms with Gasteiger partial charge in [0.1, 0.15) is 12.2 Å². The van der Waals surface area contributed by atoms with Gasteiger partial charge in [-0.1, -0.05) is 12.1 Å². The van der Waals surface area contributed by atoms with Crippen LogP contribution in [0.15, 0.2) is 48.6 Å². The second-order valence-electron chi connectivity index (χ2n) is 8.51. The van der Waals surface area contributed by atoms with E-state index in [9.17, 15) is 45.0 Å². The third-order valence-electron chi connectivity index (χ3n) is 5.79. The fourth-order valence-corrected chi connectivity index (χ4v) is 3.86. The summed E-state index contributed by atoms with van der Waals surface area (Å²) in [7, 11) is 1.03. The molecule has 0 aromatic heterocycles. The number of aliphatic hydroxyl groups is 2. The van der Waals surface area contributed by atoms with Crippen LogP contribution in [0.2, 0.25) is 0 Å². The summed E-state index contributed by atoms with van der Waals surface area (Å²) in [5.74, 6) is -4.61. The van der Waals surface area contributed by atoms with Crippen molar-refractivity contribution in [1.29, 1.82) is 0 Å². The lowest BCUT2D eigenvalue weighted by molar-refractivity contribution is -0.208. The molecule has 0 amide bonds. The van der Waals surface area contributed by atoms with Crippen LogP contribution >= 0.6 is 0 Å². The Morgan fingerprint density at radius 1 is 0.816 bits per heavy atom. The van der Waals surface area contributed by atoms with Gasteiger partial charge < -0.3 is 44.8 Å². The zero-order chi connectivity index (χ0) is 28.0. The standard InChI is InChI=1S/C26H26O12/c1-36-25(35)26(38-23(33)9-5-15-3-7-17(28)19(30)11-15)12-20(31)24(34)21(13-26)37-22(32)8-4-14-2-6-16(27)18(29)10-14/h2-11,20-21,24,27-31,34H,12-13H2,1H3/b8-4+,9-5+/t20-,21+,24+,26-/m1/s1. The molecule has 4 atom stereocenters. The molecule has 1 aliphatic carbocycles. The molecule has 0 saturated heterocycles. The van der Waals surface area contributed by atoms with Gasteiger partial charge in [0.25, 0.3) is 0 Å². The fraction of sp³-hybridized carbons (Fsp3) is 0.269. The van der Waals surface area contributed by atoms with Crippen LogP contribution in [0.3, 0.4) is 0 Å². The quantitative estimate of drug-likeness (QED) is 0.129. The predicted molar refractivity (Wildman–Crippen MR) is 130 cm³/mol. The van der Waals surface area contributed by atoms with E-state index < -0.39 is 66.2 Å². The topological polar surface area (TPSA) is 200 Å². The van der Waals surface area contributed by atoms with Crippen LogP contribution in [0, 0.1) is 0 Å². The van der Waals surface area contributed by atoms with E-state index in [4.69, 9.17) is 14.2 Å². The molecular formula is C26H26O12. The molecule has 12 nitrogen and oxygen atoms in total. The van der Waals surface area contributed by atoms with Crippen molar-refractivity contribution in [1.82, 2.24) is 0 Å². The van der Waals surface area contributed by atoms with E-state index in [1.165, 1.54) is 48.6 Å². The van der Waals surface area contributed by atoms with Gasteiger partial charge in [0.05, 0.1) is 13.2 Å². The molecule has 2 aromatic carbocycles. The maximum absolute atomic E-state index is 12.7. The highest BCUT2D eigenvalue weighted by atomic mass is 16.6. The zero-order valence-corrected chi connectivity index (χ0v) is 20.1. The van der Waals surface area contributed by atoms with Gasteiger partial charge in [-0.2, -0.15) is 0 Å². The van der Waals surface area contributed by atoms with Gasteiger partial charge in [0.15, 0.2) is 23.0 Å². The summed E-state index contributed by atoms with van der Waals surface area (Å²) < 4.78 is 15.3. The molecule has 0 bridgehead atoms. The van der Waals surface area contributed by atoms with Crippen molar-refractivity contribution in [3.05, 3.63) is 59.7 Å². The number of phenols is 4. The number of aromatic hydroxyl groups is 4. The third kappa shape index (κ3) is 6.60. The van der Waals surface area contributed by atoms with Gasteiger partial charge in [0.2, 0.25) is 5.60 Å². The Morgan fingerprint density at radius 2 is 1.34 bits per heavy atom. The van der Waals surface area contributed by atoms with Crippen molar-refractivity contribution in [2.75, 3.05) is 7.11 Å². The molecule has 0 aliphatic heterocycles.